The Labute approximate surface area is 115 Å². The van der Waals surface area contributed by atoms with Crippen LogP contribution in [0.25, 0.3) is 0 Å². The lowest BCUT2D eigenvalue weighted by atomic mass is 10.1. The smallest absolute Gasteiger partial charge is 0.504 e. The van der Waals surface area contributed by atoms with Gasteiger partial charge < -0.3 is 23.5 Å². The van der Waals surface area contributed by atoms with Gasteiger partial charge in [-0.05, 0) is 32.8 Å². The lowest BCUT2D eigenvalue weighted by molar-refractivity contribution is 0.0792. The summed E-state index contributed by atoms with van der Waals surface area (Å²) in [6.45, 7) is 10.4. The van der Waals surface area contributed by atoms with Gasteiger partial charge in [0.2, 0.25) is 0 Å². The van der Waals surface area contributed by atoms with Crippen LogP contribution >= 0.6 is 0 Å². The van der Waals surface area contributed by atoms with Gasteiger partial charge in [-0.15, -0.1) is 0 Å². The van der Waals surface area contributed by atoms with Crippen molar-refractivity contribution in [3.8, 4) is 0 Å². The summed E-state index contributed by atoms with van der Waals surface area (Å²) >= 11 is 0. The zero-order chi connectivity index (χ0) is 14.5. The number of aliphatic hydroxyl groups excluding tert-OH is 2. The van der Waals surface area contributed by atoms with Crippen LogP contribution in [0.5, 0.6) is 0 Å². The fourth-order valence-corrected chi connectivity index (χ4v) is 4.53. The predicted molar refractivity (Wildman–Crippen MR) is 74.8 cm³/mol. The van der Waals surface area contributed by atoms with Gasteiger partial charge in [0.25, 0.3) is 0 Å². The largest absolute Gasteiger partial charge is 0.540 e. The molecule has 1 rings (SSSR count). The molecule has 1 aliphatic rings. The summed E-state index contributed by atoms with van der Waals surface area (Å²) in [6.07, 6.45) is 2.19. The number of hydrogen-bond donors (Lipinski definition) is 2. The molecule has 0 unspecified atom stereocenters. The molecule has 0 aromatic rings. The maximum absolute atomic E-state index is 10.1. The van der Waals surface area contributed by atoms with E-state index >= 15 is 0 Å². The van der Waals surface area contributed by atoms with Crippen LogP contribution in [0.15, 0.2) is 34.9 Å². The van der Waals surface area contributed by atoms with Crippen molar-refractivity contribution in [1.82, 2.24) is 0 Å². The molecule has 0 fully saturated rings. The van der Waals surface area contributed by atoms with Crippen LogP contribution in [0.1, 0.15) is 27.2 Å². The van der Waals surface area contributed by atoms with E-state index in [2.05, 4.69) is 6.58 Å². The third-order valence-corrected chi connectivity index (χ3v) is 5.81. The predicted octanol–water partition coefficient (Wildman–Crippen LogP) is 2.79. The molecule has 5 nitrogen and oxygen atoms in total. The molecule has 0 atom stereocenters. The fourth-order valence-electron chi connectivity index (χ4n) is 1.91. The molecule has 6 heteroatoms. The van der Waals surface area contributed by atoms with Crippen molar-refractivity contribution in [2.45, 2.75) is 27.2 Å². The molecule has 2 N–H and O–H groups in total. The highest BCUT2D eigenvalue weighted by atomic mass is 28.4. The molecule has 0 amide bonds. The van der Waals surface area contributed by atoms with E-state index in [1.807, 2.05) is 20.8 Å². The number of aliphatic hydroxyl groups is 2. The van der Waals surface area contributed by atoms with E-state index in [0.717, 1.165) is 0 Å². The average molecular weight is 286 g/mol. The van der Waals surface area contributed by atoms with Gasteiger partial charge in [-0.2, -0.15) is 0 Å². The summed E-state index contributed by atoms with van der Waals surface area (Å²) in [4.78, 5) is 0. The molecular formula is C13H22O5Si. The quantitative estimate of drug-likeness (QED) is 0.704. The van der Waals surface area contributed by atoms with Crippen LogP contribution in [0.4, 0.5) is 0 Å². The molecule has 0 bridgehead atoms. The highest BCUT2D eigenvalue weighted by molar-refractivity contribution is 6.70. The van der Waals surface area contributed by atoms with Crippen molar-refractivity contribution >= 4 is 8.80 Å². The third kappa shape index (κ3) is 3.27. The van der Waals surface area contributed by atoms with Gasteiger partial charge in [0.15, 0.2) is 11.5 Å². The van der Waals surface area contributed by atoms with Gasteiger partial charge in [0.1, 0.15) is 0 Å². The van der Waals surface area contributed by atoms with Crippen LogP contribution in [0.2, 0.25) is 0 Å². The normalized spacial score (nSPS) is 16.8. The zero-order valence-corrected chi connectivity index (χ0v) is 12.7. The van der Waals surface area contributed by atoms with E-state index in [1.54, 1.807) is 6.08 Å². The van der Waals surface area contributed by atoms with Crippen molar-refractivity contribution in [2.24, 2.45) is 0 Å². The minimum atomic E-state index is -3.18. The van der Waals surface area contributed by atoms with E-state index < -0.39 is 8.80 Å². The molecule has 1 aliphatic carbocycles. The van der Waals surface area contributed by atoms with Gasteiger partial charge in [0.05, 0.1) is 5.20 Å². The first-order valence-electron chi connectivity index (χ1n) is 6.45. The van der Waals surface area contributed by atoms with Crippen LogP contribution in [0.3, 0.4) is 0 Å². The molecular weight excluding hydrogens is 264 g/mol. The number of allylic oxidation sites excluding steroid dienone is 3. The topological polar surface area (TPSA) is 68.2 Å². The monoisotopic (exact) mass is 286 g/mol. The van der Waals surface area contributed by atoms with E-state index in [4.69, 9.17) is 13.3 Å². The average Bonchev–Trinajstić information content (AvgIpc) is 2.37. The van der Waals surface area contributed by atoms with Crippen molar-refractivity contribution in [3.05, 3.63) is 34.9 Å². The summed E-state index contributed by atoms with van der Waals surface area (Å²) < 4.78 is 17.1. The molecule has 0 saturated carbocycles. The third-order valence-electron chi connectivity index (χ3n) is 2.70. The molecule has 0 radical (unpaired) electrons. The van der Waals surface area contributed by atoms with Crippen molar-refractivity contribution in [1.29, 1.82) is 0 Å². The van der Waals surface area contributed by atoms with Crippen molar-refractivity contribution in [2.75, 3.05) is 19.8 Å². The zero-order valence-electron chi connectivity index (χ0n) is 11.7. The Bertz CT molecular complexity index is 383. The van der Waals surface area contributed by atoms with Crippen LogP contribution in [-0.4, -0.2) is 38.8 Å². The van der Waals surface area contributed by atoms with Gasteiger partial charge in [-0.3, -0.25) is 0 Å². The molecule has 0 spiro atoms. The van der Waals surface area contributed by atoms with E-state index in [9.17, 15) is 10.2 Å². The van der Waals surface area contributed by atoms with Gasteiger partial charge in [-0.1, -0.05) is 12.7 Å². The van der Waals surface area contributed by atoms with Crippen molar-refractivity contribution in [3.63, 3.8) is 0 Å². The Kier molecular flexibility index (Phi) is 5.80. The maximum atomic E-state index is 10.1. The second-order valence-electron chi connectivity index (χ2n) is 3.98. The molecule has 0 heterocycles. The number of rotatable bonds is 7. The molecule has 19 heavy (non-hydrogen) atoms. The first-order valence-corrected chi connectivity index (χ1v) is 8.18. The second kappa shape index (κ2) is 6.90. The van der Waals surface area contributed by atoms with E-state index in [-0.39, 0.29) is 11.5 Å². The lowest BCUT2D eigenvalue weighted by Crippen LogP contribution is -2.49. The van der Waals surface area contributed by atoms with Gasteiger partial charge in [-0.25, -0.2) is 0 Å². The van der Waals surface area contributed by atoms with Gasteiger partial charge >= 0.3 is 8.80 Å². The van der Waals surface area contributed by atoms with E-state index in [1.165, 1.54) is 0 Å². The SMILES string of the molecule is C=C1CC=C([Si](OCC)(OCC)OCC)C(O)=C1O. The highest BCUT2D eigenvalue weighted by Crippen LogP contribution is 2.33. The van der Waals surface area contributed by atoms with Crippen LogP contribution in [-0.2, 0) is 13.3 Å². The fraction of sp³-hybridized carbons (Fsp3) is 0.538. The second-order valence-corrected chi connectivity index (χ2v) is 6.49. The first-order chi connectivity index (χ1) is 9.02. The Hall–Kier alpha value is -1.08. The highest BCUT2D eigenvalue weighted by Gasteiger charge is 2.48. The molecule has 108 valence electrons. The first kappa shape index (κ1) is 16.0. The minimum absolute atomic E-state index is 0.214. The van der Waals surface area contributed by atoms with Crippen molar-refractivity contribution < 1.29 is 23.5 Å². The molecule has 0 saturated heterocycles. The summed E-state index contributed by atoms with van der Waals surface area (Å²) in [5.74, 6) is -0.466. The lowest BCUT2D eigenvalue weighted by Gasteiger charge is -2.31. The van der Waals surface area contributed by atoms with E-state index in [0.29, 0.717) is 37.0 Å². The summed E-state index contributed by atoms with van der Waals surface area (Å²) in [5.41, 5.74) is 0.466. The van der Waals surface area contributed by atoms with Crippen LogP contribution in [0, 0.1) is 0 Å². The summed E-state index contributed by atoms with van der Waals surface area (Å²) in [7, 11) is -3.18. The Morgan fingerprint density at radius 3 is 1.95 bits per heavy atom. The van der Waals surface area contributed by atoms with Crippen LogP contribution < -0.4 is 0 Å². The van der Waals surface area contributed by atoms with Gasteiger partial charge in [0, 0.05) is 19.8 Å². The standard InChI is InChI=1S/C13H22O5Si/c1-5-16-19(17-6-2,18-7-3)11-9-8-10(4)12(14)13(11)15/h9,14-15H,4-8H2,1-3H3. The Balaban J connectivity index is 3.20. The summed E-state index contributed by atoms with van der Waals surface area (Å²) in [5, 5.41) is 20.4. The molecule has 0 aliphatic heterocycles. The Morgan fingerprint density at radius 2 is 1.53 bits per heavy atom. The maximum Gasteiger partial charge on any atom is 0.540 e. The number of hydrogen-bond acceptors (Lipinski definition) is 5. The molecule has 0 aromatic heterocycles. The minimum Gasteiger partial charge on any atom is -0.504 e. The molecule has 0 aromatic carbocycles. The summed E-state index contributed by atoms with van der Waals surface area (Å²) in [6, 6.07) is 0. The Morgan fingerprint density at radius 1 is 1.05 bits per heavy atom.